The number of nitrogens with two attached hydrogens (primary N) is 1. The van der Waals surface area contributed by atoms with Crippen LogP contribution in [0, 0.1) is 0 Å². The number of hydrogen-bond acceptors (Lipinski definition) is 2. The van der Waals surface area contributed by atoms with Gasteiger partial charge < -0.3 is 5.73 Å². The van der Waals surface area contributed by atoms with Crippen molar-refractivity contribution in [3.8, 4) is 0 Å². The van der Waals surface area contributed by atoms with Crippen LogP contribution in [0.4, 0.5) is 5.69 Å². The second kappa shape index (κ2) is 5.67. The Hall–Kier alpha value is -0.830. The monoisotopic (exact) mass is 283 g/mol. The number of hydrogen-bond donors (Lipinski definition) is 1. The highest BCUT2D eigenvalue weighted by atomic mass is 35.5. The number of anilines is 1. The summed E-state index contributed by atoms with van der Waals surface area (Å²) in [5.74, 6) is 0.795. The third-order valence-electron chi connectivity index (χ3n) is 2.30. The number of halogens is 2. The first-order chi connectivity index (χ1) is 8.16. The third-order valence-corrected chi connectivity index (χ3v) is 4.21. The molecule has 0 saturated heterocycles. The molecule has 0 aliphatic carbocycles. The molecule has 0 aliphatic rings. The maximum absolute atomic E-state index is 6.10. The van der Waals surface area contributed by atoms with Gasteiger partial charge in [-0.05, 0) is 29.8 Å². The van der Waals surface area contributed by atoms with Gasteiger partial charge in [0.05, 0.1) is 5.02 Å². The van der Waals surface area contributed by atoms with Crippen LogP contribution in [0.5, 0.6) is 0 Å². The van der Waals surface area contributed by atoms with Crippen molar-refractivity contribution in [2.75, 3.05) is 5.73 Å². The highest BCUT2D eigenvalue weighted by molar-refractivity contribution is 7.98. The molecule has 2 N–H and O–H groups in total. The van der Waals surface area contributed by atoms with Gasteiger partial charge in [0, 0.05) is 21.4 Å². The minimum atomic E-state index is 0.678. The lowest BCUT2D eigenvalue weighted by Crippen LogP contribution is -1.86. The van der Waals surface area contributed by atoms with Crippen LogP contribution >= 0.6 is 35.0 Å². The SMILES string of the molecule is Nc1ccc(SCc2ccccc2Cl)c(Cl)c1. The Bertz CT molecular complexity index is 529. The predicted octanol–water partition coefficient (Wildman–Crippen LogP) is 4.87. The molecule has 0 fully saturated rings. The number of nitrogen functional groups attached to an aromatic ring is 1. The van der Waals surface area contributed by atoms with Crippen molar-refractivity contribution in [2.24, 2.45) is 0 Å². The average molecular weight is 284 g/mol. The Morgan fingerprint density at radius 2 is 1.76 bits per heavy atom. The highest BCUT2D eigenvalue weighted by Crippen LogP contribution is 2.32. The zero-order valence-corrected chi connectivity index (χ0v) is 11.3. The van der Waals surface area contributed by atoms with Gasteiger partial charge in [0.15, 0.2) is 0 Å². The Balaban J connectivity index is 2.10. The van der Waals surface area contributed by atoms with Crippen LogP contribution in [0.2, 0.25) is 10.0 Å². The first kappa shape index (κ1) is 12.6. The second-order valence-corrected chi connectivity index (χ2v) is 5.40. The van der Waals surface area contributed by atoms with Crippen LogP contribution in [0.1, 0.15) is 5.56 Å². The summed E-state index contributed by atoms with van der Waals surface area (Å²) in [4.78, 5) is 1.01. The van der Waals surface area contributed by atoms with Crippen LogP contribution in [0.25, 0.3) is 0 Å². The van der Waals surface area contributed by atoms with Gasteiger partial charge in [-0.2, -0.15) is 0 Å². The van der Waals surface area contributed by atoms with Gasteiger partial charge in [0.1, 0.15) is 0 Å². The molecule has 2 aromatic carbocycles. The first-order valence-corrected chi connectivity index (χ1v) is 6.82. The molecule has 0 heterocycles. The van der Waals surface area contributed by atoms with Gasteiger partial charge in [-0.25, -0.2) is 0 Å². The summed E-state index contributed by atoms with van der Waals surface area (Å²) in [6.45, 7) is 0. The largest absolute Gasteiger partial charge is 0.399 e. The van der Waals surface area contributed by atoms with E-state index in [1.54, 1.807) is 17.8 Å². The zero-order valence-electron chi connectivity index (χ0n) is 8.99. The maximum Gasteiger partial charge on any atom is 0.0562 e. The van der Waals surface area contributed by atoms with Crippen molar-refractivity contribution < 1.29 is 0 Å². The van der Waals surface area contributed by atoms with E-state index in [0.29, 0.717) is 10.7 Å². The molecule has 0 aromatic heterocycles. The Morgan fingerprint density at radius 3 is 2.47 bits per heavy atom. The summed E-state index contributed by atoms with van der Waals surface area (Å²) in [5, 5.41) is 1.47. The van der Waals surface area contributed by atoms with Gasteiger partial charge in [0.2, 0.25) is 0 Å². The molecule has 2 aromatic rings. The van der Waals surface area contributed by atoms with Crippen LogP contribution in [0.15, 0.2) is 47.4 Å². The Kier molecular flexibility index (Phi) is 4.21. The lowest BCUT2D eigenvalue weighted by Gasteiger charge is -2.06. The molecule has 1 nitrogen and oxygen atoms in total. The van der Waals surface area contributed by atoms with E-state index in [-0.39, 0.29) is 0 Å². The van der Waals surface area contributed by atoms with E-state index < -0.39 is 0 Å². The molecule has 0 spiro atoms. The van der Waals surface area contributed by atoms with E-state index >= 15 is 0 Å². The molecule has 0 amide bonds. The van der Waals surface area contributed by atoms with Crippen molar-refractivity contribution in [1.29, 1.82) is 0 Å². The second-order valence-electron chi connectivity index (χ2n) is 3.57. The van der Waals surface area contributed by atoms with Crippen molar-refractivity contribution >= 4 is 40.7 Å². The molecule has 4 heteroatoms. The van der Waals surface area contributed by atoms with Gasteiger partial charge in [-0.3, -0.25) is 0 Å². The fraction of sp³-hybridized carbons (Fsp3) is 0.0769. The molecule has 0 saturated carbocycles. The summed E-state index contributed by atoms with van der Waals surface area (Å²) < 4.78 is 0. The molecule has 88 valence electrons. The van der Waals surface area contributed by atoms with E-state index in [2.05, 4.69) is 0 Å². The standard InChI is InChI=1S/C13H11Cl2NS/c14-11-4-2-1-3-9(11)8-17-13-6-5-10(16)7-12(13)15/h1-7H,8,16H2. The van der Waals surface area contributed by atoms with Crippen molar-refractivity contribution in [3.05, 3.63) is 58.1 Å². The fourth-order valence-corrected chi connectivity index (χ4v) is 2.96. The molecule has 0 aliphatic heterocycles. The number of rotatable bonds is 3. The normalized spacial score (nSPS) is 10.5. The summed E-state index contributed by atoms with van der Waals surface area (Å²) in [6, 6.07) is 13.3. The van der Waals surface area contributed by atoms with Gasteiger partial charge >= 0.3 is 0 Å². The molecule has 17 heavy (non-hydrogen) atoms. The van der Waals surface area contributed by atoms with Crippen molar-refractivity contribution in [1.82, 2.24) is 0 Å². The van der Waals surface area contributed by atoms with Gasteiger partial charge in [-0.1, -0.05) is 41.4 Å². The molecule has 0 bridgehead atoms. The lowest BCUT2D eigenvalue weighted by atomic mass is 10.2. The first-order valence-electron chi connectivity index (χ1n) is 5.08. The minimum Gasteiger partial charge on any atom is -0.399 e. The topological polar surface area (TPSA) is 26.0 Å². The van der Waals surface area contributed by atoms with Gasteiger partial charge in [0.25, 0.3) is 0 Å². The van der Waals surface area contributed by atoms with Crippen molar-refractivity contribution in [2.45, 2.75) is 10.6 Å². The van der Waals surface area contributed by atoms with Crippen molar-refractivity contribution in [3.63, 3.8) is 0 Å². The summed E-state index contributed by atoms with van der Waals surface area (Å²) >= 11 is 13.8. The minimum absolute atomic E-state index is 0.678. The summed E-state index contributed by atoms with van der Waals surface area (Å²) in [7, 11) is 0. The predicted molar refractivity (Wildman–Crippen MR) is 76.9 cm³/mol. The molecule has 0 radical (unpaired) electrons. The van der Waals surface area contributed by atoms with Crippen LogP contribution in [-0.4, -0.2) is 0 Å². The number of benzene rings is 2. The zero-order chi connectivity index (χ0) is 12.3. The summed E-state index contributed by atoms with van der Waals surface area (Å²) in [6.07, 6.45) is 0. The molecule has 0 atom stereocenters. The van der Waals surface area contributed by atoms with Crippen LogP contribution in [-0.2, 0) is 5.75 Å². The van der Waals surface area contributed by atoms with E-state index in [1.807, 2.05) is 36.4 Å². The lowest BCUT2D eigenvalue weighted by molar-refractivity contribution is 1.38. The molecular weight excluding hydrogens is 273 g/mol. The summed E-state index contributed by atoms with van der Waals surface area (Å²) in [5.41, 5.74) is 7.43. The quantitative estimate of drug-likeness (QED) is 0.643. The molecule has 0 unspecified atom stereocenters. The molecular formula is C13H11Cl2NS. The Labute approximate surface area is 115 Å². The van der Waals surface area contributed by atoms with E-state index in [1.165, 1.54) is 0 Å². The fourth-order valence-electron chi connectivity index (χ4n) is 1.41. The highest BCUT2D eigenvalue weighted by Gasteiger charge is 2.04. The van der Waals surface area contributed by atoms with E-state index in [0.717, 1.165) is 21.2 Å². The molecule has 2 rings (SSSR count). The third kappa shape index (κ3) is 3.32. The van der Waals surface area contributed by atoms with Gasteiger partial charge in [-0.15, -0.1) is 11.8 Å². The van der Waals surface area contributed by atoms with Crippen LogP contribution < -0.4 is 5.73 Å². The maximum atomic E-state index is 6.10. The number of thioether (sulfide) groups is 1. The van der Waals surface area contributed by atoms with E-state index in [4.69, 9.17) is 28.9 Å². The Morgan fingerprint density at radius 1 is 1.00 bits per heavy atom. The smallest absolute Gasteiger partial charge is 0.0562 e. The average Bonchev–Trinajstić information content (AvgIpc) is 2.30. The van der Waals surface area contributed by atoms with E-state index in [9.17, 15) is 0 Å². The van der Waals surface area contributed by atoms with Crippen LogP contribution in [0.3, 0.4) is 0 Å².